The number of halogens is 2. The largest absolute Gasteiger partial charge is 0.383 e. The third-order valence-electron chi connectivity index (χ3n) is 2.03. The van der Waals surface area contributed by atoms with Gasteiger partial charge in [-0.3, -0.25) is 0 Å². The second kappa shape index (κ2) is 4.66. The summed E-state index contributed by atoms with van der Waals surface area (Å²) in [5.41, 5.74) is 0.864. The van der Waals surface area contributed by atoms with Gasteiger partial charge in [0.25, 0.3) is 0 Å². The Morgan fingerprint density at radius 3 is 2.67 bits per heavy atom. The van der Waals surface area contributed by atoms with Crippen molar-refractivity contribution in [2.75, 3.05) is 0 Å². The van der Waals surface area contributed by atoms with Crippen molar-refractivity contribution in [3.05, 3.63) is 55.6 Å². The van der Waals surface area contributed by atoms with Gasteiger partial charge >= 0.3 is 0 Å². The molecule has 1 aromatic heterocycles. The minimum absolute atomic E-state index is 0.597. The van der Waals surface area contributed by atoms with Crippen molar-refractivity contribution in [1.29, 1.82) is 0 Å². The lowest BCUT2D eigenvalue weighted by Gasteiger charge is -2.08. The van der Waals surface area contributed by atoms with Gasteiger partial charge in [-0.1, -0.05) is 39.7 Å². The molecule has 1 heterocycles. The van der Waals surface area contributed by atoms with Crippen molar-refractivity contribution in [2.24, 2.45) is 0 Å². The number of thiophene rings is 1. The number of hydrogen-bond acceptors (Lipinski definition) is 2. The van der Waals surface area contributed by atoms with E-state index < -0.39 is 6.10 Å². The highest BCUT2D eigenvalue weighted by atomic mass is 79.9. The number of benzene rings is 1. The lowest BCUT2D eigenvalue weighted by atomic mass is 10.1. The molecule has 0 saturated carbocycles. The number of hydrogen-bond donors (Lipinski definition) is 1. The van der Waals surface area contributed by atoms with E-state index in [1.54, 1.807) is 6.07 Å². The molecule has 1 unspecified atom stereocenters. The molecule has 0 aliphatic heterocycles. The minimum Gasteiger partial charge on any atom is -0.383 e. The normalized spacial score (nSPS) is 12.7. The average Bonchev–Trinajstić information content (AvgIpc) is 2.64. The van der Waals surface area contributed by atoms with E-state index in [4.69, 9.17) is 11.6 Å². The molecule has 0 saturated heterocycles. The molecule has 2 rings (SSSR count). The highest BCUT2D eigenvalue weighted by Gasteiger charge is 2.12. The Morgan fingerprint density at radius 2 is 2.07 bits per heavy atom. The summed E-state index contributed by atoms with van der Waals surface area (Å²) < 4.78 is 1.65. The van der Waals surface area contributed by atoms with Crippen LogP contribution in [0.1, 0.15) is 16.5 Å². The number of aliphatic hydroxyl groups is 1. The molecule has 2 aromatic rings. The maximum atomic E-state index is 10.1. The van der Waals surface area contributed by atoms with Crippen molar-refractivity contribution in [3.63, 3.8) is 0 Å². The van der Waals surface area contributed by atoms with Gasteiger partial charge in [0.1, 0.15) is 6.10 Å². The zero-order valence-electron chi connectivity index (χ0n) is 7.65. The van der Waals surface area contributed by atoms with Crippen LogP contribution in [0.3, 0.4) is 0 Å². The number of aliphatic hydroxyl groups excluding tert-OH is 1. The summed E-state index contributed by atoms with van der Waals surface area (Å²) in [6.07, 6.45) is -0.597. The maximum absolute atomic E-state index is 10.1. The lowest BCUT2D eigenvalue weighted by Crippen LogP contribution is -1.96. The first-order chi connectivity index (χ1) is 7.16. The van der Waals surface area contributed by atoms with Crippen LogP contribution in [0.25, 0.3) is 0 Å². The second-order valence-electron chi connectivity index (χ2n) is 3.10. The summed E-state index contributed by atoms with van der Waals surface area (Å²) >= 11 is 10.6. The van der Waals surface area contributed by atoms with Crippen molar-refractivity contribution in [1.82, 2.24) is 0 Å². The van der Waals surface area contributed by atoms with Crippen LogP contribution in [0, 0.1) is 0 Å². The molecule has 0 radical (unpaired) electrons. The Balaban J connectivity index is 2.32. The van der Waals surface area contributed by atoms with Crippen molar-refractivity contribution in [2.45, 2.75) is 6.10 Å². The SMILES string of the molecule is OC(c1cccc(Br)c1)c1ccc(Cl)s1. The van der Waals surface area contributed by atoms with Crippen molar-refractivity contribution < 1.29 is 5.11 Å². The zero-order chi connectivity index (χ0) is 10.8. The van der Waals surface area contributed by atoms with Gasteiger partial charge in [0.15, 0.2) is 0 Å². The molecule has 78 valence electrons. The third-order valence-corrected chi connectivity index (χ3v) is 3.80. The third kappa shape index (κ3) is 2.61. The quantitative estimate of drug-likeness (QED) is 0.879. The molecule has 15 heavy (non-hydrogen) atoms. The lowest BCUT2D eigenvalue weighted by molar-refractivity contribution is 0.224. The van der Waals surface area contributed by atoms with E-state index >= 15 is 0 Å². The minimum atomic E-state index is -0.597. The number of rotatable bonds is 2. The molecule has 0 fully saturated rings. The van der Waals surface area contributed by atoms with E-state index in [1.165, 1.54) is 11.3 Å². The monoisotopic (exact) mass is 302 g/mol. The Bertz CT molecular complexity index is 469. The summed E-state index contributed by atoms with van der Waals surface area (Å²) in [4.78, 5) is 0.859. The van der Waals surface area contributed by atoms with Gasteiger partial charge in [-0.2, -0.15) is 0 Å². The molecule has 1 aromatic carbocycles. The highest BCUT2D eigenvalue weighted by molar-refractivity contribution is 9.10. The van der Waals surface area contributed by atoms with Crippen LogP contribution in [0.15, 0.2) is 40.9 Å². The first-order valence-electron chi connectivity index (χ1n) is 4.35. The average molecular weight is 304 g/mol. The van der Waals surface area contributed by atoms with Crippen LogP contribution in [0.2, 0.25) is 4.34 Å². The van der Waals surface area contributed by atoms with Gasteiger partial charge in [-0.05, 0) is 29.8 Å². The molecule has 0 aliphatic carbocycles. The summed E-state index contributed by atoms with van der Waals surface area (Å²) in [6, 6.07) is 11.3. The summed E-state index contributed by atoms with van der Waals surface area (Å²) in [5.74, 6) is 0. The van der Waals surface area contributed by atoms with Crippen LogP contribution < -0.4 is 0 Å². The van der Waals surface area contributed by atoms with Gasteiger partial charge in [0.05, 0.1) is 4.34 Å². The predicted molar refractivity (Wildman–Crippen MR) is 67.5 cm³/mol. The Hall–Kier alpha value is -0.350. The van der Waals surface area contributed by atoms with Crippen molar-refractivity contribution in [3.8, 4) is 0 Å². The summed E-state index contributed by atoms with van der Waals surface area (Å²) in [5, 5.41) is 10.1. The molecular weight excluding hydrogens is 296 g/mol. The summed E-state index contributed by atoms with van der Waals surface area (Å²) in [6.45, 7) is 0. The van der Waals surface area contributed by atoms with Crippen LogP contribution in [-0.2, 0) is 0 Å². The molecule has 0 amide bonds. The van der Waals surface area contributed by atoms with E-state index in [-0.39, 0.29) is 0 Å². The Labute approximate surface area is 105 Å². The fraction of sp³-hybridized carbons (Fsp3) is 0.0909. The molecule has 0 aliphatic rings. The fourth-order valence-electron chi connectivity index (χ4n) is 1.32. The van der Waals surface area contributed by atoms with Gasteiger partial charge in [0.2, 0.25) is 0 Å². The fourth-order valence-corrected chi connectivity index (χ4v) is 2.81. The van der Waals surface area contributed by atoms with E-state index in [0.717, 1.165) is 14.9 Å². The van der Waals surface area contributed by atoms with E-state index in [9.17, 15) is 5.11 Å². The Morgan fingerprint density at radius 1 is 1.27 bits per heavy atom. The van der Waals surface area contributed by atoms with Crippen LogP contribution in [0.5, 0.6) is 0 Å². The van der Waals surface area contributed by atoms with Gasteiger partial charge in [-0.15, -0.1) is 11.3 Å². The summed E-state index contributed by atoms with van der Waals surface area (Å²) in [7, 11) is 0. The van der Waals surface area contributed by atoms with Gasteiger partial charge in [-0.25, -0.2) is 0 Å². The van der Waals surface area contributed by atoms with Crippen LogP contribution >= 0.6 is 38.9 Å². The van der Waals surface area contributed by atoms with Gasteiger partial charge in [0, 0.05) is 9.35 Å². The topological polar surface area (TPSA) is 20.2 Å². The molecule has 1 atom stereocenters. The zero-order valence-corrected chi connectivity index (χ0v) is 10.8. The van der Waals surface area contributed by atoms with E-state index in [0.29, 0.717) is 4.34 Å². The molecule has 1 N–H and O–H groups in total. The van der Waals surface area contributed by atoms with E-state index in [1.807, 2.05) is 30.3 Å². The molecule has 1 nitrogen and oxygen atoms in total. The van der Waals surface area contributed by atoms with Gasteiger partial charge < -0.3 is 5.11 Å². The Kier molecular flexibility index (Phi) is 3.46. The molecule has 0 spiro atoms. The maximum Gasteiger partial charge on any atom is 0.113 e. The van der Waals surface area contributed by atoms with Crippen molar-refractivity contribution >= 4 is 38.9 Å². The second-order valence-corrected chi connectivity index (χ2v) is 5.76. The smallest absolute Gasteiger partial charge is 0.113 e. The molecule has 0 bridgehead atoms. The molecule has 4 heteroatoms. The predicted octanol–water partition coefficient (Wildman–Crippen LogP) is 4.25. The van der Waals surface area contributed by atoms with E-state index in [2.05, 4.69) is 15.9 Å². The first kappa shape index (κ1) is 11.1. The first-order valence-corrected chi connectivity index (χ1v) is 6.34. The highest BCUT2D eigenvalue weighted by Crippen LogP contribution is 2.31. The standard InChI is InChI=1S/C11H8BrClOS/c12-8-3-1-2-7(6-8)11(14)9-4-5-10(13)15-9/h1-6,11,14H. The molecular formula is C11H8BrClOS. The van der Waals surface area contributed by atoms with Crippen LogP contribution in [0.4, 0.5) is 0 Å². The van der Waals surface area contributed by atoms with Crippen LogP contribution in [-0.4, -0.2) is 5.11 Å².